The Morgan fingerprint density at radius 2 is 2.12 bits per heavy atom. The zero-order valence-corrected chi connectivity index (χ0v) is 15.6. The molecule has 1 saturated carbocycles. The van der Waals surface area contributed by atoms with Gasteiger partial charge in [0.15, 0.2) is 0 Å². The largest absolute Gasteiger partial charge is 0.578 e. The maximum Gasteiger partial charge on any atom is 0.369 e. The number of halogens is 1. The molecule has 1 aliphatic carbocycles. The summed E-state index contributed by atoms with van der Waals surface area (Å²) in [5.74, 6) is 0.263. The summed E-state index contributed by atoms with van der Waals surface area (Å²) >= 11 is 3.44. The average Bonchev–Trinajstić information content (AvgIpc) is 3.05. The van der Waals surface area contributed by atoms with E-state index in [1.165, 1.54) is 0 Å². The van der Waals surface area contributed by atoms with Gasteiger partial charge in [-0.3, -0.25) is 10.1 Å². The van der Waals surface area contributed by atoms with Crippen LogP contribution in [0, 0.1) is 5.41 Å². The van der Waals surface area contributed by atoms with Crippen LogP contribution in [0.3, 0.4) is 0 Å². The van der Waals surface area contributed by atoms with E-state index in [0.717, 1.165) is 29.3 Å². The summed E-state index contributed by atoms with van der Waals surface area (Å²) in [6.45, 7) is 1.82. The van der Waals surface area contributed by atoms with Crippen molar-refractivity contribution in [2.45, 2.75) is 37.6 Å². The standard InChI is InChI=1S/C18H21BrN4O2/c1-12(11-24)23-10-13(9-21-23)16(25)22-17(20)18(7-2-8-18)14-3-5-15(19)6-4-14/h3-6,9-10,12,24H,2,7-8,11H2,1H3,(H2,20,22,25)/p+1. The Balaban J connectivity index is 1.85. The molecule has 7 heteroatoms. The first-order valence-corrected chi connectivity index (χ1v) is 9.06. The van der Waals surface area contributed by atoms with Gasteiger partial charge in [0, 0.05) is 10.7 Å². The predicted molar refractivity (Wildman–Crippen MR) is 102 cm³/mol. The van der Waals surface area contributed by atoms with E-state index < -0.39 is 0 Å². The molecule has 0 spiro atoms. The number of benzene rings is 1. The summed E-state index contributed by atoms with van der Waals surface area (Å²) in [6, 6.07) is 7.86. The van der Waals surface area contributed by atoms with Gasteiger partial charge in [-0.05, 0) is 37.5 Å². The molecule has 0 bridgehead atoms. The number of hydrogen-bond donors (Lipinski definition) is 2. The van der Waals surface area contributed by atoms with Crippen LogP contribution in [-0.4, -0.2) is 38.3 Å². The first-order chi connectivity index (χ1) is 12.0. The molecule has 1 atom stereocenters. The van der Waals surface area contributed by atoms with Crippen LogP contribution in [0.15, 0.2) is 46.1 Å². The monoisotopic (exact) mass is 405 g/mol. The van der Waals surface area contributed by atoms with Gasteiger partial charge in [0.05, 0.1) is 24.3 Å². The molecule has 0 saturated heterocycles. The Morgan fingerprint density at radius 1 is 1.44 bits per heavy atom. The van der Waals surface area contributed by atoms with Crippen LogP contribution in [0.5, 0.6) is 0 Å². The lowest BCUT2D eigenvalue weighted by Gasteiger charge is -2.40. The first-order valence-electron chi connectivity index (χ1n) is 8.27. The minimum Gasteiger partial charge on any atom is -0.578 e. The maximum absolute atomic E-state index is 9.20. The summed E-state index contributed by atoms with van der Waals surface area (Å²) in [4.78, 5) is 4.28. The molecule has 1 unspecified atom stereocenters. The molecular formula is C18H22BrN4O2+. The lowest BCUT2D eigenvalue weighted by molar-refractivity contribution is 0.229. The highest BCUT2D eigenvalue weighted by Crippen LogP contribution is 2.45. The van der Waals surface area contributed by atoms with Crippen molar-refractivity contribution in [2.75, 3.05) is 6.61 Å². The highest BCUT2D eigenvalue weighted by atomic mass is 79.9. The predicted octanol–water partition coefficient (Wildman–Crippen LogP) is 2.77. The van der Waals surface area contributed by atoms with Gasteiger partial charge in [-0.2, -0.15) is 5.10 Å². The third kappa shape index (κ3) is 3.39. The number of aliphatic hydroxyl groups is 1. The van der Waals surface area contributed by atoms with Gasteiger partial charge in [0.2, 0.25) is 0 Å². The van der Waals surface area contributed by atoms with Crippen molar-refractivity contribution in [1.82, 2.24) is 9.78 Å². The van der Waals surface area contributed by atoms with Crippen LogP contribution in [0.4, 0.5) is 0 Å². The fraction of sp³-hybridized carbons (Fsp3) is 0.389. The van der Waals surface area contributed by atoms with E-state index in [0.29, 0.717) is 5.56 Å². The van der Waals surface area contributed by atoms with Crippen molar-refractivity contribution in [2.24, 2.45) is 4.99 Å². The highest BCUT2D eigenvalue weighted by molar-refractivity contribution is 9.10. The number of amidine groups is 1. The SMILES string of the molecule is CC(CO)n1cc(C([OH2+])=NC(=N)C2(c3ccc(Br)cc3)CCC2)cn1. The molecule has 1 aliphatic rings. The summed E-state index contributed by atoms with van der Waals surface area (Å²) in [6.07, 6.45) is 6.06. The van der Waals surface area contributed by atoms with Crippen molar-refractivity contribution >= 4 is 27.7 Å². The van der Waals surface area contributed by atoms with Crippen LogP contribution in [0.1, 0.15) is 43.4 Å². The van der Waals surface area contributed by atoms with Gasteiger partial charge in [0.25, 0.3) is 0 Å². The van der Waals surface area contributed by atoms with Crippen molar-refractivity contribution in [1.29, 1.82) is 5.41 Å². The lowest BCUT2D eigenvalue weighted by Crippen LogP contribution is -2.41. The maximum atomic E-state index is 9.20. The molecule has 4 N–H and O–H groups in total. The molecule has 2 aromatic rings. The Morgan fingerprint density at radius 3 is 2.68 bits per heavy atom. The molecule has 1 aromatic heterocycles. The van der Waals surface area contributed by atoms with E-state index in [2.05, 4.69) is 26.0 Å². The minimum absolute atomic E-state index is 0.0197. The van der Waals surface area contributed by atoms with Gasteiger partial charge in [0.1, 0.15) is 11.4 Å². The third-order valence-electron chi connectivity index (χ3n) is 4.87. The van der Waals surface area contributed by atoms with Gasteiger partial charge < -0.3 is 10.2 Å². The Bertz CT molecular complexity index is 794. The van der Waals surface area contributed by atoms with Crippen LogP contribution in [-0.2, 0) is 5.41 Å². The second-order valence-electron chi connectivity index (χ2n) is 6.49. The van der Waals surface area contributed by atoms with Gasteiger partial charge >= 0.3 is 5.90 Å². The fourth-order valence-corrected chi connectivity index (χ4v) is 3.29. The van der Waals surface area contributed by atoms with E-state index in [9.17, 15) is 5.11 Å². The van der Waals surface area contributed by atoms with E-state index >= 15 is 0 Å². The molecule has 0 aliphatic heterocycles. The number of rotatable bonds is 5. The van der Waals surface area contributed by atoms with E-state index in [1.807, 2.05) is 31.2 Å². The summed E-state index contributed by atoms with van der Waals surface area (Å²) in [5, 5.41) is 30.1. The molecule has 3 rings (SSSR count). The zero-order chi connectivity index (χ0) is 18.0. The van der Waals surface area contributed by atoms with E-state index in [4.69, 9.17) is 10.5 Å². The molecule has 1 fully saturated rings. The average molecular weight is 406 g/mol. The molecule has 0 radical (unpaired) electrons. The van der Waals surface area contributed by atoms with Crippen molar-refractivity contribution in [3.05, 3.63) is 52.3 Å². The summed E-state index contributed by atoms with van der Waals surface area (Å²) in [5.41, 5.74) is 1.24. The Hall–Kier alpha value is -1.99. The topological polar surface area (TPSA) is 97.2 Å². The quantitative estimate of drug-likeness (QED) is 0.454. The van der Waals surface area contributed by atoms with Crippen LogP contribution < -0.4 is 0 Å². The minimum atomic E-state index is -0.388. The number of aliphatic hydroxyl groups excluding tert-OH is 1. The highest BCUT2D eigenvalue weighted by Gasteiger charge is 2.43. The second kappa shape index (κ2) is 7.09. The first kappa shape index (κ1) is 17.8. The molecule has 1 heterocycles. The fourth-order valence-electron chi connectivity index (χ4n) is 3.03. The molecular weight excluding hydrogens is 384 g/mol. The lowest BCUT2D eigenvalue weighted by atomic mass is 9.63. The normalized spacial score (nSPS) is 17.8. The number of aliphatic imine (C=N–C) groups is 1. The third-order valence-corrected chi connectivity index (χ3v) is 5.40. The van der Waals surface area contributed by atoms with E-state index in [-0.39, 0.29) is 29.8 Å². The van der Waals surface area contributed by atoms with Crippen molar-refractivity contribution in [3.8, 4) is 0 Å². The van der Waals surface area contributed by atoms with Crippen LogP contribution in [0.25, 0.3) is 0 Å². The van der Waals surface area contributed by atoms with E-state index in [1.54, 1.807) is 17.1 Å². The van der Waals surface area contributed by atoms with Crippen molar-refractivity contribution < 1.29 is 10.2 Å². The number of hydrogen-bond acceptors (Lipinski definition) is 3. The molecule has 25 heavy (non-hydrogen) atoms. The Kier molecular flexibility index (Phi) is 5.06. The van der Waals surface area contributed by atoms with Gasteiger partial charge in [-0.15, -0.1) is 4.99 Å². The second-order valence-corrected chi connectivity index (χ2v) is 7.41. The zero-order valence-electron chi connectivity index (χ0n) is 14.0. The van der Waals surface area contributed by atoms with Crippen LogP contribution in [0.2, 0.25) is 0 Å². The molecule has 0 amide bonds. The van der Waals surface area contributed by atoms with Gasteiger partial charge in [-0.25, -0.2) is 0 Å². The number of nitrogens with one attached hydrogen (secondary N) is 1. The molecule has 6 nitrogen and oxygen atoms in total. The molecule has 132 valence electrons. The van der Waals surface area contributed by atoms with Gasteiger partial charge in [-0.1, -0.05) is 34.5 Å². The smallest absolute Gasteiger partial charge is 0.369 e. The van der Waals surface area contributed by atoms with Crippen molar-refractivity contribution in [3.63, 3.8) is 0 Å². The number of nitrogens with zero attached hydrogens (tertiary/aromatic N) is 3. The van der Waals surface area contributed by atoms with Crippen LogP contribution >= 0.6 is 15.9 Å². The summed E-state index contributed by atoms with van der Waals surface area (Å²) in [7, 11) is 0. The number of aromatic nitrogens is 2. The molecule has 1 aromatic carbocycles. The summed E-state index contributed by atoms with van der Waals surface area (Å²) < 4.78 is 2.61. The Labute approximate surface area is 154 Å².